The zero-order chi connectivity index (χ0) is 25.5. The molecule has 33 heavy (non-hydrogen) atoms. The summed E-state index contributed by atoms with van der Waals surface area (Å²) in [7, 11) is -6.90. The largest absolute Gasteiger partial charge is 0.478 e. The molecule has 7 nitrogen and oxygen atoms in total. The van der Waals surface area contributed by atoms with Gasteiger partial charge in [0.25, 0.3) is 0 Å². The third-order valence-corrected chi connectivity index (χ3v) is 15.5. The first kappa shape index (κ1) is 30.5. The molecule has 1 N–H and O–H groups in total. The molecule has 192 valence electrons. The van der Waals surface area contributed by atoms with Crippen LogP contribution in [-0.2, 0) is 26.7 Å². The van der Waals surface area contributed by atoms with Crippen LogP contribution in [0.2, 0.25) is 44.3 Å². The second-order valence-corrected chi connectivity index (χ2v) is 26.6. The number of carbonyl (C=O) groups excluding carboxylic acids is 1. The van der Waals surface area contributed by atoms with Gasteiger partial charge in [-0.25, -0.2) is 9.59 Å². The molecule has 0 aliphatic heterocycles. The predicted molar refractivity (Wildman–Crippen MR) is 142 cm³/mol. The summed E-state index contributed by atoms with van der Waals surface area (Å²) in [5, 5.41) is 8.71. The summed E-state index contributed by atoms with van der Waals surface area (Å²) >= 11 is 0. The molecule has 1 atom stereocenters. The molecule has 1 aliphatic rings. The highest BCUT2D eigenvalue weighted by Crippen LogP contribution is 2.44. The Morgan fingerprint density at radius 2 is 1.48 bits per heavy atom. The minimum atomic E-state index is -2.24. The van der Waals surface area contributed by atoms with Crippen molar-refractivity contribution in [1.29, 1.82) is 0 Å². The average molecular weight is 535 g/mol. The van der Waals surface area contributed by atoms with Crippen LogP contribution in [0.1, 0.15) is 59.3 Å². The molecule has 0 aromatic heterocycles. The van der Waals surface area contributed by atoms with Crippen molar-refractivity contribution in [2.75, 3.05) is 0 Å². The summed E-state index contributed by atoms with van der Waals surface area (Å²) in [6.07, 6.45) is 8.00. The van der Waals surface area contributed by atoms with Crippen LogP contribution in [0, 0.1) is 5.92 Å². The minimum absolute atomic E-state index is 0.153. The van der Waals surface area contributed by atoms with Gasteiger partial charge in [0.15, 0.2) is 26.4 Å². The maximum absolute atomic E-state index is 12.5. The quantitative estimate of drug-likeness (QED) is 0.209. The van der Waals surface area contributed by atoms with E-state index in [1.54, 1.807) is 0 Å². The Morgan fingerprint density at radius 3 is 1.94 bits per heavy atom. The zero-order valence-corrected chi connectivity index (χ0v) is 26.7. The highest BCUT2D eigenvalue weighted by molar-refractivity contribution is 6.80. The highest BCUT2D eigenvalue weighted by atomic mass is 28.5. The first-order chi connectivity index (χ1) is 14.9. The molecule has 0 bridgehead atoms. The van der Waals surface area contributed by atoms with Crippen LogP contribution in [-0.4, -0.2) is 58.6 Å². The molecular formula is C22H46O7Si4. The van der Waals surface area contributed by atoms with E-state index in [2.05, 4.69) is 53.1 Å². The number of hydrogen-bond acceptors (Lipinski definition) is 6. The molecular weight excluding hydrogens is 489 g/mol. The Morgan fingerprint density at radius 1 is 0.970 bits per heavy atom. The van der Waals surface area contributed by atoms with Crippen molar-refractivity contribution in [2.45, 2.75) is 109 Å². The lowest BCUT2D eigenvalue weighted by molar-refractivity contribution is -0.161. The SMILES string of the molecule is CC(C)(CC(C)(OC(=O)C=CC(=O)O)C1CCCCC1)[SiH2]O[SiH](O[Si](C)(C)C)O[Si](C)(C)C. The Hall–Kier alpha value is -0.572. The Kier molecular flexibility index (Phi) is 11.5. The molecule has 11 heteroatoms. The Labute approximate surface area is 206 Å². The second-order valence-electron chi connectivity index (χ2n) is 12.1. The van der Waals surface area contributed by atoms with Gasteiger partial charge in [-0.1, -0.05) is 33.1 Å². The number of carbonyl (C=O) groups is 2. The van der Waals surface area contributed by atoms with Crippen LogP contribution in [0.4, 0.5) is 0 Å². The van der Waals surface area contributed by atoms with Gasteiger partial charge in [-0.05, 0) is 76.4 Å². The van der Waals surface area contributed by atoms with E-state index >= 15 is 0 Å². The maximum Gasteiger partial charge on any atom is 0.452 e. The molecule has 0 aromatic carbocycles. The third-order valence-electron chi connectivity index (χ3n) is 5.50. The van der Waals surface area contributed by atoms with E-state index in [-0.39, 0.29) is 11.0 Å². The van der Waals surface area contributed by atoms with Crippen LogP contribution in [0.3, 0.4) is 0 Å². The van der Waals surface area contributed by atoms with E-state index in [1.807, 2.05) is 6.92 Å². The van der Waals surface area contributed by atoms with Crippen molar-refractivity contribution in [3.05, 3.63) is 12.2 Å². The van der Waals surface area contributed by atoms with Gasteiger partial charge in [-0.2, -0.15) is 0 Å². The number of carboxylic acids is 1. The van der Waals surface area contributed by atoms with Gasteiger partial charge in [0.2, 0.25) is 0 Å². The number of ether oxygens (including phenoxy) is 1. The summed E-state index contributed by atoms with van der Waals surface area (Å²) < 4.78 is 25.1. The van der Waals surface area contributed by atoms with E-state index in [1.165, 1.54) is 6.42 Å². The monoisotopic (exact) mass is 534 g/mol. The molecule has 1 unspecified atom stereocenters. The van der Waals surface area contributed by atoms with Crippen molar-refractivity contribution >= 4 is 47.9 Å². The molecule has 1 rings (SSSR count). The lowest BCUT2D eigenvalue weighted by atomic mass is 9.74. The van der Waals surface area contributed by atoms with Crippen LogP contribution in [0.5, 0.6) is 0 Å². The fourth-order valence-corrected chi connectivity index (χ4v) is 14.3. The van der Waals surface area contributed by atoms with Crippen LogP contribution in [0.25, 0.3) is 0 Å². The van der Waals surface area contributed by atoms with E-state index < -0.39 is 53.5 Å². The number of carboxylic acid groups (broad SMARTS) is 1. The van der Waals surface area contributed by atoms with E-state index in [0.29, 0.717) is 6.42 Å². The van der Waals surface area contributed by atoms with E-state index in [9.17, 15) is 9.59 Å². The molecule has 1 saturated carbocycles. The highest BCUT2D eigenvalue weighted by Gasteiger charge is 2.43. The molecule has 0 saturated heterocycles. The second kappa shape index (κ2) is 12.4. The first-order valence-electron chi connectivity index (χ1n) is 12.0. The van der Waals surface area contributed by atoms with Crippen molar-refractivity contribution in [3.8, 4) is 0 Å². The fraction of sp³-hybridized carbons (Fsp3) is 0.818. The van der Waals surface area contributed by atoms with Gasteiger partial charge in [0.05, 0.1) is 0 Å². The molecule has 0 spiro atoms. The maximum atomic E-state index is 12.5. The van der Waals surface area contributed by atoms with Gasteiger partial charge >= 0.3 is 21.5 Å². The van der Waals surface area contributed by atoms with Gasteiger partial charge in [0, 0.05) is 12.2 Å². The summed E-state index contributed by atoms with van der Waals surface area (Å²) in [4.78, 5) is 23.3. The lowest BCUT2D eigenvalue weighted by Gasteiger charge is -2.43. The summed E-state index contributed by atoms with van der Waals surface area (Å²) in [5.74, 6) is -1.50. The lowest BCUT2D eigenvalue weighted by Crippen LogP contribution is -2.48. The molecule has 1 aliphatic carbocycles. The number of esters is 1. The zero-order valence-electron chi connectivity index (χ0n) is 22.2. The fourth-order valence-electron chi connectivity index (χ4n) is 4.34. The van der Waals surface area contributed by atoms with Crippen LogP contribution in [0.15, 0.2) is 12.2 Å². The van der Waals surface area contributed by atoms with Crippen molar-refractivity contribution in [1.82, 2.24) is 0 Å². The third kappa shape index (κ3) is 13.2. The Bertz CT molecular complexity index is 663. The Balaban J connectivity index is 2.98. The van der Waals surface area contributed by atoms with Gasteiger partial charge < -0.3 is 22.2 Å². The number of hydrogen-bond donors (Lipinski definition) is 1. The van der Waals surface area contributed by atoms with Crippen molar-refractivity contribution in [3.63, 3.8) is 0 Å². The standard InChI is InChI=1S/C22H46O7Si4/c1-21(2,30-27-31(28-32(4,5)6)29-33(7,8)9)17-22(3,18-13-11-10-12-14-18)26-20(25)16-15-19(23)24/h15-16,18,31H,10-14,17,30H2,1-9H3,(H,23,24). The summed E-state index contributed by atoms with van der Waals surface area (Å²) in [5.41, 5.74) is -0.670. The van der Waals surface area contributed by atoms with Gasteiger partial charge in [0.1, 0.15) is 5.60 Å². The average Bonchev–Trinajstić information content (AvgIpc) is 2.62. The van der Waals surface area contributed by atoms with Crippen molar-refractivity contribution in [2.24, 2.45) is 5.92 Å². The molecule has 0 aromatic rings. The summed E-state index contributed by atoms with van der Waals surface area (Å²) in [6, 6.07) is 0. The van der Waals surface area contributed by atoms with Gasteiger partial charge in [-0.15, -0.1) is 0 Å². The van der Waals surface area contributed by atoms with Gasteiger partial charge in [-0.3, -0.25) is 0 Å². The predicted octanol–water partition coefficient (Wildman–Crippen LogP) is 4.62. The first-order valence-corrected chi connectivity index (χ1v) is 21.5. The molecule has 0 radical (unpaired) electrons. The van der Waals surface area contributed by atoms with E-state index in [4.69, 9.17) is 22.2 Å². The molecule has 1 fully saturated rings. The van der Waals surface area contributed by atoms with Crippen molar-refractivity contribution < 1.29 is 31.8 Å². The molecule has 0 amide bonds. The van der Waals surface area contributed by atoms with E-state index in [0.717, 1.165) is 37.8 Å². The molecule has 0 heterocycles. The smallest absolute Gasteiger partial charge is 0.452 e. The van der Waals surface area contributed by atoms with Crippen LogP contribution < -0.4 is 0 Å². The minimum Gasteiger partial charge on any atom is -0.478 e. The summed E-state index contributed by atoms with van der Waals surface area (Å²) in [6.45, 7) is 19.3. The number of rotatable bonds is 13. The van der Waals surface area contributed by atoms with Crippen LogP contribution >= 0.6 is 0 Å². The normalized spacial score (nSPS) is 18.8. The number of aliphatic carboxylic acids is 1. The topological polar surface area (TPSA) is 91.3 Å².